The maximum atomic E-state index is 6.84. The fourth-order valence-corrected chi connectivity index (χ4v) is 8.49. The minimum Gasteiger partial charge on any atom is -0.455 e. The molecule has 0 saturated carbocycles. The Hall–Kier alpha value is -5.08. The molecule has 2 heteroatoms. The van der Waals surface area contributed by atoms with Crippen LogP contribution in [0.5, 0.6) is 0 Å². The molecule has 224 valence electrons. The van der Waals surface area contributed by atoms with Gasteiger partial charge in [0.25, 0.3) is 0 Å². The molecule has 46 heavy (non-hydrogen) atoms. The number of hydrogen-bond donors (Lipinski definition) is 0. The molecule has 0 atom stereocenters. The van der Waals surface area contributed by atoms with Crippen molar-refractivity contribution in [2.24, 2.45) is 0 Å². The van der Waals surface area contributed by atoms with Gasteiger partial charge in [-0.3, -0.25) is 0 Å². The Bertz CT molecular complexity index is 2320. The molecular weight excluding hydrogens is 558 g/mol. The highest BCUT2D eigenvalue weighted by Crippen LogP contribution is 2.63. The fraction of sp³-hybridized carbons (Fsp3) is 0.182. The molecule has 0 bridgehead atoms. The molecule has 0 fully saturated rings. The SMILES string of the molecule is Cc1ccc(N(c2ccc(C)cc2)c2ccc3c(c2)C(C)(C)c2c4c(c5oc6ccccc6c5c2-3)-c2ccccc2C4(C)C)cc1. The van der Waals surface area contributed by atoms with Crippen molar-refractivity contribution in [2.75, 3.05) is 4.90 Å². The molecule has 2 nitrogen and oxygen atoms in total. The Labute approximate surface area is 270 Å². The van der Waals surface area contributed by atoms with Crippen molar-refractivity contribution >= 4 is 39.0 Å². The molecule has 0 saturated heterocycles. The fourth-order valence-electron chi connectivity index (χ4n) is 8.49. The number of fused-ring (bicyclic) bond motifs is 12. The van der Waals surface area contributed by atoms with E-state index in [1.165, 1.54) is 72.1 Å². The molecule has 0 spiro atoms. The second-order valence-corrected chi connectivity index (χ2v) is 14.3. The Balaban J connectivity index is 1.36. The van der Waals surface area contributed by atoms with Crippen molar-refractivity contribution in [3.8, 4) is 22.3 Å². The zero-order valence-electron chi connectivity index (χ0n) is 27.3. The largest absolute Gasteiger partial charge is 0.455 e. The van der Waals surface area contributed by atoms with Crippen molar-refractivity contribution in [1.29, 1.82) is 0 Å². The van der Waals surface area contributed by atoms with Gasteiger partial charge in [0.05, 0.1) is 0 Å². The Morgan fingerprint density at radius 3 is 1.76 bits per heavy atom. The van der Waals surface area contributed by atoms with Crippen molar-refractivity contribution in [3.63, 3.8) is 0 Å². The molecule has 2 aliphatic carbocycles. The summed E-state index contributed by atoms with van der Waals surface area (Å²) < 4.78 is 6.84. The average Bonchev–Trinajstić information content (AvgIpc) is 3.63. The quantitative estimate of drug-likeness (QED) is 0.202. The van der Waals surface area contributed by atoms with Gasteiger partial charge in [0.1, 0.15) is 11.2 Å². The molecule has 1 heterocycles. The van der Waals surface area contributed by atoms with Crippen LogP contribution in [0.3, 0.4) is 0 Å². The average molecular weight is 596 g/mol. The van der Waals surface area contributed by atoms with Crippen LogP contribution >= 0.6 is 0 Å². The summed E-state index contributed by atoms with van der Waals surface area (Å²) in [4.78, 5) is 2.39. The topological polar surface area (TPSA) is 16.4 Å². The summed E-state index contributed by atoms with van der Waals surface area (Å²) in [5, 5.41) is 2.43. The van der Waals surface area contributed by atoms with Crippen LogP contribution in [0.15, 0.2) is 120 Å². The van der Waals surface area contributed by atoms with Gasteiger partial charge >= 0.3 is 0 Å². The number of anilines is 3. The van der Waals surface area contributed by atoms with Crippen LogP contribution in [0.25, 0.3) is 44.2 Å². The summed E-state index contributed by atoms with van der Waals surface area (Å²) in [5.41, 5.74) is 18.3. The minimum absolute atomic E-state index is 0.166. The monoisotopic (exact) mass is 595 g/mol. The number of rotatable bonds is 3. The number of para-hydroxylation sites is 1. The number of aryl methyl sites for hydroxylation is 2. The van der Waals surface area contributed by atoms with Crippen LogP contribution in [0, 0.1) is 13.8 Å². The summed E-state index contributed by atoms with van der Waals surface area (Å²) in [5.74, 6) is 0. The van der Waals surface area contributed by atoms with E-state index in [9.17, 15) is 0 Å². The van der Waals surface area contributed by atoms with Gasteiger partial charge < -0.3 is 9.32 Å². The molecule has 0 N–H and O–H groups in total. The summed E-state index contributed by atoms with van der Waals surface area (Å²) in [6, 6.07) is 42.4. The van der Waals surface area contributed by atoms with Gasteiger partial charge in [-0.05, 0) is 95.3 Å². The summed E-state index contributed by atoms with van der Waals surface area (Å²) in [6.07, 6.45) is 0. The normalized spacial score (nSPS) is 15.1. The van der Waals surface area contributed by atoms with Crippen molar-refractivity contribution in [1.82, 2.24) is 0 Å². The van der Waals surface area contributed by atoms with Gasteiger partial charge in [-0.2, -0.15) is 0 Å². The van der Waals surface area contributed by atoms with Crippen LogP contribution in [-0.2, 0) is 10.8 Å². The highest BCUT2D eigenvalue weighted by atomic mass is 16.3. The molecule has 1 aromatic heterocycles. The lowest BCUT2D eigenvalue weighted by molar-refractivity contribution is 0.600. The highest BCUT2D eigenvalue weighted by molar-refractivity contribution is 6.20. The van der Waals surface area contributed by atoms with E-state index in [1.807, 2.05) is 0 Å². The van der Waals surface area contributed by atoms with Gasteiger partial charge in [-0.15, -0.1) is 0 Å². The Morgan fingerprint density at radius 1 is 0.522 bits per heavy atom. The van der Waals surface area contributed by atoms with Crippen LogP contribution < -0.4 is 4.90 Å². The van der Waals surface area contributed by atoms with Gasteiger partial charge in [-0.1, -0.05) is 112 Å². The van der Waals surface area contributed by atoms with Crippen LogP contribution in [-0.4, -0.2) is 0 Å². The lowest BCUT2D eigenvalue weighted by Gasteiger charge is -2.31. The molecule has 6 aromatic carbocycles. The predicted octanol–water partition coefficient (Wildman–Crippen LogP) is 12.3. The first-order chi connectivity index (χ1) is 22.2. The summed E-state index contributed by atoms with van der Waals surface area (Å²) in [7, 11) is 0. The standard InChI is InChI=1S/C44H37NO/c1-26-15-19-28(20-16-26)45(29-21-17-27(2)18-22-29)30-23-24-32-35(25-30)44(5,6)40-37(32)38-33-12-8-10-14-36(33)46-42(38)39-31-11-7-9-13-34(31)43(3,4)41(39)40/h7-25H,1-6H3. The third-order valence-electron chi connectivity index (χ3n) is 10.7. The van der Waals surface area contributed by atoms with Crippen LogP contribution in [0.1, 0.15) is 61.1 Å². The molecule has 0 aliphatic heterocycles. The van der Waals surface area contributed by atoms with E-state index in [0.717, 1.165) is 22.5 Å². The van der Waals surface area contributed by atoms with Crippen molar-refractivity contribution < 1.29 is 4.42 Å². The van der Waals surface area contributed by atoms with E-state index >= 15 is 0 Å². The molecule has 2 aliphatic rings. The third-order valence-corrected chi connectivity index (χ3v) is 10.7. The second kappa shape index (κ2) is 9.23. The van der Waals surface area contributed by atoms with E-state index in [4.69, 9.17) is 4.42 Å². The molecular formula is C44H37NO. The zero-order valence-corrected chi connectivity index (χ0v) is 27.3. The van der Waals surface area contributed by atoms with Crippen LogP contribution in [0.2, 0.25) is 0 Å². The van der Waals surface area contributed by atoms with Gasteiger partial charge in [0.15, 0.2) is 0 Å². The first-order valence-corrected chi connectivity index (χ1v) is 16.4. The maximum absolute atomic E-state index is 6.84. The van der Waals surface area contributed by atoms with Gasteiger partial charge in [0, 0.05) is 44.2 Å². The van der Waals surface area contributed by atoms with Gasteiger partial charge in [-0.25, -0.2) is 0 Å². The van der Waals surface area contributed by atoms with Gasteiger partial charge in [0.2, 0.25) is 0 Å². The first-order valence-electron chi connectivity index (χ1n) is 16.4. The predicted molar refractivity (Wildman–Crippen MR) is 193 cm³/mol. The van der Waals surface area contributed by atoms with Crippen molar-refractivity contribution in [2.45, 2.75) is 52.4 Å². The Kier molecular flexibility index (Phi) is 5.47. The number of hydrogen-bond acceptors (Lipinski definition) is 2. The number of nitrogens with zero attached hydrogens (tertiary/aromatic N) is 1. The zero-order chi connectivity index (χ0) is 31.5. The summed E-state index contributed by atoms with van der Waals surface area (Å²) in [6.45, 7) is 13.9. The van der Waals surface area contributed by atoms with E-state index in [0.29, 0.717) is 0 Å². The second-order valence-electron chi connectivity index (χ2n) is 14.3. The van der Waals surface area contributed by atoms with Crippen LogP contribution in [0.4, 0.5) is 17.1 Å². The number of benzene rings is 6. The van der Waals surface area contributed by atoms with E-state index in [-0.39, 0.29) is 10.8 Å². The van der Waals surface area contributed by atoms with Crippen molar-refractivity contribution in [3.05, 3.63) is 149 Å². The molecule has 0 radical (unpaired) electrons. The molecule has 0 unspecified atom stereocenters. The van der Waals surface area contributed by atoms with E-state index < -0.39 is 0 Å². The molecule has 7 aromatic rings. The number of furan rings is 1. The maximum Gasteiger partial charge on any atom is 0.144 e. The Morgan fingerprint density at radius 2 is 1.07 bits per heavy atom. The molecule has 9 rings (SSSR count). The van der Waals surface area contributed by atoms with E-state index in [2.05, 4.69) is 162 Å². The lowest BCUT2D eigenvalue weighted by Crippen LogP contribution is -2.24. The smallest absolute Gasteiger partial charge is 0.144 e. The highest BCUT2D eigenvalue weighted by Gasteiger charge is 2.48. The molecule has 0 amide bonds. The van der Waals surface area contributed by atoms with E-state index in [1.54, 1.807) is 0 Å². The lowest BCUT2D eigenvalue weighted by atomic mass is 9.72. The first kappa shape index (κ1) is 27.2. The summed E-state index contributed by atoms with van der Waals surface area (Å²) >= 11 is 0. The third kappa shape index (κ3) is 3.53. The minimum atomic E-state index is -0.233.